The third-order valence-corrected chi connectivity index (χ3v) is 3.66. The van der Waals surface area contributed by atoms with E-state index < -0.39 is 0 Å². The normalized spacial score (nSPS) is 29.1. The zero-order valence-corrected chi connectivity index (χ0v) is 11.7. The van der Waals surface area contributed by atoms with Crippen LogP contribution in [0, 0.1) is 11.8 Å². The molecule has 2 atom stereocenters. The third kappa shape index (κ3) is 5.36. The van der Waals surface area contributed by atoms with E-state index in [1.165, 1.54) is 6.42 Å². The highest BCUT2D eigenvalue weighted by molar-refractivity contribution is 4.90. The molecule has 0 aromatic heterocycles. The highest BCUT2D eigenvalue weighted by atomic mass is 16.5. The van der Waals surface area contributed by atoms with E-state index in [0.29, 0.717) is 25.7 Å². The highest BCUT2D eigenvalue weighted by Crippen LogP contribution is 2.36. The molecule has 0 heterocycles. The fourth-order valence-electron chi connectivity index (χ4n) is 2.46. The minimum Gasteiger partial charge on any atom is -0.379 e. The van der Waals surface area contributed by atoms with Crippen LogP contribution in [0.2, 0.25) is 0 Å². The van der Waals surface area contributed by atoms with Crippen molar-refractivity contribution in [3.8, 4) is 0 Å². The van der Waals surface area contributed by atoms with Gasteiger partial charge in [0.25, 0.3) is 0 Å². The molecule has 1 aliphatic carbocycles. The van der Waals surface area contributed by atoms with Crippen molar-refractivity contribution in [3.05, 3.63) is 0 Å². The second kappa shape index (κ2) is 7.34. The lowest BCUT2D eigenvalue weighted by atomic mass is 10.0. The second-order valence-corrected chi connectivity index (χ2v) is 5.88. The van der Waals surface area contributed by atoms with E-state index in [1.54, 1.807) is 0 Å². The van der Waals surface area contributed by atoms with Gasteiger partial charge in [0.1, 0.15) is 0 Å². The first-order valence-corrected chi connectivity index (χ1v) is 7.00. The zero-order valence-electron chi connectivity index (χ0n) is 11.7. The van der Waals surface area contributed by atoms with Crippen molar-refractivity contribution in [2.24, 2.45) is 17.6 Å². The molecule has 2 unspecified atom stereocenters. The molecule has 0 saturated heterocycles. The number of hydrogen-bond donors (Lipinski definition) is 1. The fraction of sp³-hybridized carbons (Fsp3) is 1.00. The van der Waals surface area contributed by atoms with Crippen molar-refractivity contribution in [1.29, 1.82) is 0 Å². The van der Waals surface area contributed by atoms with Crippen LogP contribution in [0.5, 0.6) is 0 Å². The zero-order chi connectivity index (χ0) is 12.7. The van der Waals surface area contributed by atoms with E-state index in [2.05, 4.69) is 20.8 Å². The Morgan fingerprint density at radius 2 is 2.06 bits per heavy atom. The molecule has 0 bridgehead atoms. The largest absolute Gasteiger partial charge is 0.379 e. The SMILES string of the molecule is CC(C)CCOCCOC1(CN)CCC(C)C1. The van der Waals surface area contributed by atoms with E-state index in [-0.39, 0.29) is 5.60 Å². The lowest BCUT2D eigenvalue weighted by Gasteiger charge is -2.28. The number of rotatable bonds is 8. The summed E-state index contributed by atoms with van der Waals surface area (Å²) in [5.74, 6) is 1.46. The average molecular weight is 243 g/mol. The van der Waals surface area contributed by atoms with Gasteiger partial charge in [-0.25, -0.2) is 0 Å². The second-order valence-electron chi connectivity index (χ2n) is 5.88. The highest BCUT2D eigenvalue weighted by Gasteiger charge is 2.36. The summed E-state index contributed by atoms with van der Waals surface area (Å²) in [6.45, 7) is 9.56. The minimum atomic E-state index is -0.0547. The van der Waals surface area contributed by atoms with Gasteiger partial charge in [-0.15, -0.1) is 0 Å². The van der Waals surface area contributed by atoms with Crippen LogP contribution in [0.25, 0.3) is 0 Å². The lowest BCUT2D eigenvalue weighted by Crippen LogP contribution is -2.39. The van der Waals surface area contributed by atoms with Crippen LogP contribution >= 0.6 is 0 Å². The molecular formula is C14H29NO2. The number of hydrogen-bond acceptors (Lipinski definition) is 3. The van der Waals surface area contributed by atoms with Crippen molar-refractivity contribution >= 4 is 0 Å². The molecule has 0 aromatic carbocycles. The van der Waals surface area contributed by atoms with Crippen molar-refractivity contribution in [3.63, 3.8) is 0 Å². The van der Waals surface area contributed by atoms with E-state index in [1.807, 2.05) is 0 Å². The van der Waals surface area contributed by atoms with Gasteiger partial charge in [-0.2, -0.15) is 0 Å². The summed E-state index contributed by atoms with van der Waals surface area (Å²) in [6.07, 6.45) is 4.58. The van der Waals surface area contributed by atoms with Crippen LogP contribution in [-0.4, -0.2) is 32.0 Å². The Bertz CT molecular complexity index is 208. The topological polar surface area (TPSA) is 44.5 Å². The molecule has 0 radical (unpaired) electrons. The van der Waals surface area contributed by atoms with E-state index in [0.717, 1.165) is 31.8 Å². The van der Waals surface area contributed by atoms with E-state index in [9.17, 15) is 0 Å². The monoisotopic (exact) mass is 243 g/mol. The Hall–Kier alpha value is -0.120. The Kier molecular flexibility index (Phi) is 6.45. The minimum absolute atomic E-state index is 0.0547. The maximum atomic E-state index is 5.97. The fourth-order valence-corrected chi connectivity index (χ4v) is 2.46. The molecule has 1 aliphatic rings. The summed E-state index contributed by atoms with van der Waals surface area (Å²) >= 11 is 0. The average Bonchev–Trinajstić information content (AvgIpc) is 2.66. The Morgan fingerprint density at radius 3 is 2.59 bits per heavy atom. The van der Waals surface area contributed by atoms with Crippen molar-refractivity contribution in [2.75, 3.05) is 26.4 Å². The maximum Gasteiger partial charge on any atom is 0.0807 e. The van der Waals surface area contributed by atoms with Gasteiger partial charge in [0.2, 0.25) is 0 Å². The van der Waals surface area contributed by atoms with Crippen molar-refractivity contribution in [1.82, 2.24) is 0 Å². The first-order chi connectivity index (χ1) is 8.08. The van der Waals surface area contributed by atoms with Crippen LogP contribution in [0.3, 0.4) is 0 Å². The molecule has 3 nitrogen and oxygen atoms in total. The quantitative estimate of drug-likeness (QED) is 0.666. The summed E-state index contributed by atoms with van der Waals surface area (Å²) in [4.78, 5) is 0. The summed E-state index contributed by atoms with van der Waals surface area (Å²) in [7, 11) is 0. The molecule has 1 saturated carbocycles. The van der Waals surface area contributed by atoms with Crippen LogP contribution < -0.4 is 5.73 Å². The van der Waals surface area contributed by atoms with Gasteiger partial charge in [0.05, 0.1) is 18.8 Å². The van der Waals surface area contributed by atoms with Crippen molar-refractivity contribution < 1.29 is 9.47 Å². The molecule has 0 spiro atoms. The summed E-state index contributed by atoms with van der Waals surface area (Å²) in [5, 5.41) is 0. The molecule has 0 aliphatic heterocycles. The maximum absolute atomic E-state index is 5.97. The predicted molar refractivity (Wildman–Crippen MR) is 71.0 cm³/mol. The molecule has 1 rings (SSSR count). The number of ether oxygens (including phenoxy) is 2. The van der Waals surface area contributed by atoms with Gasteiger partial charge < -0.3 is 15.2 Å². The Morgan fingerprint density at radius 1 is 1.29 bits per heavy atom. The van der Waals surface area contributed by atoms with Gasteiger partial charge in [0.15, 0.2) is 0 Å². The molecule has 3 heteroatoms. The van der Waals surface area contributed by atoms with Gasteiger partial charge >= 0.3 is 0 Å². The van der Waals surface area contributed by atoms with Gasteiger partial charge in [0, 0.05) is 13.2 Å². The number of nitrogens with two attached hydrogens (primary N) is 1. The summed E-state index contributed by atoms with van der Waals surface area (Å²) in [5.41, 5.74) is 5.79. The molecule has 102 valence electrons. The first kappa shape index (κ1) is 14.9. The molecule has 0 aromatic rings. The lowest BCUT2D eigenvalue weighted by molar-refractivity contribution is -0.0606. The molecular weight excluding hydrogens is 214 g/mol. The van der Waals surface area contributed by atoms with Gasteiger partial charge in [-0.05, 0) is 37.5 Å². The summed E-state index contributed by atoms with van der Waals surface area (Å²) < 4.78 is 11.5. The van der Waals surface area contributed by atoms with Gasteiger partial charge in [-0.1, -0.05) is 20.8 Å². The van der Waals surface area contributed by atoms with Crippen LogP contribution in [0.1, 0.15) is 46.5 Å². The molecule has 1 fully saturated rings. The predicted octanol–water partition coefficient (Wildman–Crippen LogP) is 2.58. The van der Waals surface area contributed by atoms with Crippen LogP contribution in [-0.2, 0) is 9.47 Å². The van der Waals surface area contributed by atoms with Crippen LogP contribution in [0.15, 0.2) is 0 Å². The van der Waals surface area contributed by atoms with E-state index >= 15 is 0 Å². The van der Waals surface area contributed by atoms with E-state index in [4.69, 9.17) is 15.2 Å². The van der Waals surface area contributed by atoms with Gasteiger partial charge in [-0.3, -0.25) is 0 Å². The Labute approximate surface area is 106 Å². The van der Waals surface area contributed by atoms with Crippen molar-refractivity contribution in [2.45, 2.75) is 52.1 Å². The summed E-state index contributed by atoms with van der Waals surface area (Å²) in [6, 6.07) is 0. The van der Waals surface area contributed by atoms with Crippen LogP contribution in [0.4, 0.5) is 0 Å². The first-order valence-electron chi connectivity index (χ1n) is 7.00. The smallest absolute Gasteiger partial charge is 0.0807 e. The third-order valence-electron chi connectivity index (χ3n) is 3.66. The standard InChI is InChI=1S/C14H29NO2/c1-12(2)5-7-16-8-9-17-14(11-15)6-4-13(3)10-14/h12-13H,4-11,15H2,1-3H3. The Balaban J connectivity index is 2.08. The molecule has 2 N–H and O–H groups in total. The molecule has 17 heavy (non-hydrogen) atoms. The molecule has 0 amide bonds.